The quantitative estimate of drug-likeness (QED) is 0.574. The molecule has 0 aliphatic carbocycles. The lowest BCUT2D eigenvalue weighted by Crippen LogP contribution is -2.33. The van der Waals surface area contributed by atoms with Crippen molar-refractivity contribution in [2.45, 2.75) is 57.6 Å². The van der Waals surface area contributed by atoms with Gasteiger partial charge in [-0.25, -0.2) is 4.98 Å². The molecule has 0 bridgehead atoms. The molecule has 4 rings (SSSR count). The topological polar surface area (TPSA) is 43.8 Å². The first kappa shape index (κ1) is 22.1. The third-order valence-electron chi connectivity index (χ3n) is 6.64. The molecule has 2 aliphatic rings. The first-order chi connectivity index (χ1) is 15.3. The van der Waals surface area contributed by atoms with Crippen molar-refractivity contribution >= 4 is 0 Å². The zero-order chi connectivity index (χ0) is 21.3. The zero-order valence-corrected chi connectivity index (χ0v) is 18.8. The Balaban J connectivity index is 1.22. The second-order valence-electron chi connectivity index (χ2n) is 8.84. The molecule has 31 heavy (non-hydrogen) atoms. The van der Waals surface area contributed by atoms with Crippen LogP contribution in [0.5, 0.6) is 11.6 Å². The molecule has 5 heteroatoms. The Morgan fingerprint density at radius 1 is 1.03 bits per heavy atom. The van der Waals surface area contributed by atoms with Gasteiger partial charge in [-0.15, -0.1) is 0 Å². The average Bonchev–Trinajstić information content (AvgIpc) is 2.84. The number of hydrogen-bond donors (Lipinski definition) is 0. The summed E-state index contributed by atoms with van der Waals surface area (Å²) in [6.07, 6.45) is 10.4. The van der Waals surface area contributed by atoms with E-state index in [0.717, 1.165) is 56.6 Å². The van der Waals surface area contributed by atoms with Gasteiger partial charge in [0.15, 0.2) is 0 Å². The van der Waals surface area contributed by atoms with E-state index in [2.05, 4.69) is 40.2 Å². The number of likely N-dealkylation sites (tertiary alicyclic amines) is 1. The van der Waals surface area contributed by atoms with Crippen LogP contribution in [0.4, 0.5) is 0 Å². The Hall–Kier alpha value is -2.11. The molecule has 1 aromatic carbocycles. The number of para-hydroxylation sites is 1. The van der Waals surface area contributed by atoms with Gasteiger partial charge in [-0.1, -0.05) is 24.3 Å². The molecule has 2 aliphatic heterocycles. The Morgan fingerprint density at radius 2 is 1.87 bits per heavy atom. The fraction of sp³-hybridized carbons (Fsp3) is 0.577. The Morgan fingerprint density at radius 3 is 2.68 bits per heavy atom. The molecular formula is C26H36N2O3. The van der Waals surface area contributed by atoms with Crippen LogP contribution >= 0.6 is 0 Å². The van der Waals surface area contributed by atoms with Crippen molar-refractivity contribution in [3.8, 4) is 11.6 Å². The maximum absolute atomic E-state index is 6.17. The molecule has 5 nitrogen and oxygen atoms in total. The van der Waals surface area contributed by atoms with Crippen LogP contribution in [-0.4, -0.2) is 49.4 Å². The highest BCUT2D eigenvalue weighted by atomic mass is 16.5. The van der Waals surface area contributed by atoms with Crippen molar-refractivity contribution in [3.63, 3.8) is 0 Å². The van der Waals surface area contributed by atoms with Crippen molar-refractivity contribution in [2.75, 3.05) is 33.4 Å². The van der Waals surface area contributed by atoms with Crippen LogP contribution in [0.2, 0.25) is 0 Å². The fourth-order valence-electron chi connectivity index (χ4n) is 4.73. The van der Waals surface area contributed by atoms with E-state index in [1.165, 1.54) is 43.2 Å². The van der Waals surface area contributed by atoms with E-state index in [4.69, 9.17) is 14.2 Å². The molecule has 0 radical (unpaired) electrons. The summed E-state index contributed by atoms with van der Waals surface area (Å²) in [5, 5.41) is 0. The molecule has 1 unspecified atom stereocenters. The number of pyridine rings is 1. The summed E-state index contributed by atoms with van der Waals surface area (Å²) in [5.74, 6) is 2.57. The van der Waals surface area contributed by atoms with Crippen LogP contribution in [0.3, 0.4) is 0 Å². The van der Waals surface area contributed by atoms with Gasteiger partial charge in [-0.2, -0.15) is 0 Å². The lowest BCUT2D eigenvalue weighted by molar-refractivity contribution is -0.0112. The van der Waals surface area contributed by atoms with Crippen molar-refractivity contribution in [1.82, 2.24) is 9.88 Å². The zero-order valence-electron chi connectivity index (χ0n) is 18.8. The van der Waals surface area contributed by atoms with Gasteiger partial charge in [0.2, 0.25) is 5.88 Å². The van der Waals surface area contributed by atoms with E-state index in [1.807, 2.05) is 6.07 Å². The minimum Gasteiger partial charge on any atom is -0.491 e. The van der Waals surface area contributed by atoms with Crippen LogP contribution < -0.4 is 9.47 Å². The number of piperidine rings is 1. The lowest BCUT2D eigenvalue weighted by Gasteiger charge is -2.32. The molecule has 2 saturated heterocycles. The minimum atomic E-state index is 0.254. The van der Waals surface area contributed by atoms with Crippen LogP contribution in [0.25, 0.3) is 0 Å². The predicted molar refractivity (Wildman–Crippen MR) is 123 cm³/mol. The van der Waals surface area contributed by atoms with Crippen molar-refractivity contribution in [1.29, 1.82) is 0 Å². The van der Waals surface area contributed by atoms with Gasteiger partial charge in [-0.3, -0.25) is 4.90 Å². The van der Waals surface area contributed by atoms with E-state index in [9.17, 15) is 0 Å². The number of rotatable bonds is 9. The van der Waals surface area contributed by atoms with E-state index < -0.39 is 0 Å². The van der Waals surface area contributed by atoms with Crippen molar-refractivity contribution in [2.24, 2.45) is 5.92 Å². The summed E-state index contributed by atoms with van der Waals surface area (Å²) < 4.78 is 17.4. The number of ether oxygens (including phenoxy) is 3. The van der Waals surface area contributed by atoms with Gasteiger partial charge in [0, 0.05) is 24.9 Å². The summed E-state index contributed by atoms with van der Waals surface area (Å²) in [7, 11) is 1.70. The second-order valence-corrected chi connectivity index (χ2v) is 8.84. The number of aryl methyl sites for hydroxylation is 1. The summed E-state index contributed by atoms with van der Waals surface area (Å²) in [6, 6.07) is 12.6. The SMILES string of the molecule is COc1ncccc1CN1CCC(CCc2ccccc2OCC2CCCCO2)CC1. The maximum Gasteiger partial charge on any atom is 0.217 e. The highest BCUT2D eigenvalue weighted by Gasteiger charge is 2.21. The second kappa shape index (κ2) is 11.5. The summed E-state index contributed by atoms with van der Waals surface area (Å²) in [5.41, 5.74) is 2.51. The molecule has 3 heterocycles. The highest BCUT2D eigenvalue weighted by Crippen LogP contribution is 2.28. The first-order valence-electron chi connectivity index (χ1n) is 11.8. The fourth-order valence-corrected chi connectivity index (χ4v) is 4.73. The van der Waals surface area contributed by atoms with Gasteiger partial charge >= 0.3 is 0 Å². The highest BCUT2D eigenvalue weighted by molar-refractivity contribution is 5.33. The van der Waals surface area contributed by atoms with Crippen LogP contribution in [0, 0.1) is 5.92 Å². The monoisotopic (exact) mass is 424 g/mol. The Labute approximate surface area is 186 Å². The number of benzene rings is 1. The van der Waals surface area contributed by atoms with Crippen LogP contribution in [-0.2, 0) is 17.7 Å². The molecule has 0 spiro atoms. The van der Waals surface area contributed by atoms with E-state index in [0.29, 0.717) is 6.61 Å². The van der Waals surface area contributed by atoms with Gasteiger partial charge in [0.05, 0.1) is 13.2 Å². The average molecular weight is 425 g/mol. The largest absolute Gasteiger partial charge is 0.491 e. The van der Waals surface area contributed by atoms with Crippen molar-refractivity contribution in [3.05, 3.63) is 53.7 Å². The van der Waals surface area contributed by atoms with Crippen LogP contribution in [0.15, 0.2) is 42.6 Å². The molecule has 2 fully saturated rings. The molecule has 1 aromatic heterocycles. The number of hydrogen-bond acceptors (Lipinski definition) is 5. The maximum atomic E-state index is 6.17. The standard InChI is InChI=1S/C26H36N2O3/c1-29-26-23(8-6-15-27-26)19-28-16-13-21(14-17-28)11-12-22-7-2-3-10-25(22)31-20-24-9-4-5-18-30-24/h2-3,6-8,10,15,21,24H,4-5,9,11-14,16-20H2,1H3. The Kier molecular flexibility index (Phi) is 8.19. The van der Waals surface area contributed by atoms with Crippen molar-refractivity contribution < 1.29 is 14.2 Å². The van der Waals surface area contributed by atoms with Gasteiger partial charge in [0.25, 0.3) is 0 Å². The predicted octanol–water partition coefficient (Wildman–Crippen LogP) is 4.88. The first-order valence-corrected chi connectivity index (χ1v) is 11.8. The van der Waals surface area contributed by atoms with Gasteiger partial charge in [0.1, 0.15) is 12.4 Å². The van der Waals surface area contributed by atoms with E-state index >= 15 is 0 Å². The molecule has 0 saturated carbocycles. The third kappa shape index (κ3) is 6.44. The molecule has 168 valence electrons. The van der Waals surface area contributed by atoms with Crippen LogP contribution in [0.1, 0.15) is 49.7 Å². The molecule has 0 amide bonds. The molecular weight excluding hydrogens is 388 g/mol. The molecule has 0 N–H and O–H groups in total. The van der Waals surface area contributed by atoms with Gasteiger partial charge in [-0.05, 0) is 81.6 Å². The van der Waals surface area contributed by atoms with Gasteiger partial charge < -0.3 is 14.2 Å². The lowest BCUT2D eigenvalue weighted by atomic mass is 9.90. The minimum absolute atomic E-state index is 0.254. The number of methoxy groups -OCH3 is 1. The summed E-state index contributed by atoms with van der Waals surface area (Å²) in [6.45, 7) is 4.75. The molecule has 2 aromatic rings. The Bertz CT molecular complexity index is 799. The summed E-state index contributed by atoms with van der Waals surface area (Å²) in [4.78, 5) is 6.85. The van der Waals surface area contributed by atoms with E-state index in [-0.39, 0.29) is 6.10 Å². The smallest absolute Gasteiger partial charge is 0.217 e. The summed E-state index contributed by atoms with van der Waals surface area (Å²) >= 11 is 0. The molecule has 1 atom stereocenters. The third-order valence-corrected chi connectivity index (χ3v) is 6.64. The van der Waals surface area contributed by atoms with E-state index in [1.54, 1.807) is 13.3 Å². The number of aromatic nitrogens is 1. The number of nitrogens with zero attached hydrogens (tertiary/aromatic N) is 2. The normalized spacial score (nSPS) is 20.5.